The number of aromatic amines is 1. The second kappa shape index (κ2) is 5.57. The molecular formula is C12H11N3O5. The highest BCUT2D eigenvalue weighted by molar-refractivity contribution is 5.87. The standard InChI is InChI=1S/C12H11N3O5/c1-20-5-8(16)2-7-3-10-9(4-11(7)15(18)19)12(17)14-6-13-10/h3-4,6H,2,5H2,1H3,(H,13,14,17). The van der Waals surface area contributed by atoms with E-state index in [1.165, 1.54) is 19.5 Å². The number of hydrogen-bond donors (Lipinski definition) is 1. The summed E-state index contributed by atoms with van der Waals surface area (Å²) >= 11 is 0. The number of nitro benzene ring substituents is 1. The number of carbonyl (C=O) groups is 1. The van der Waals surface area contributed by atoms with E-state index in [-0.39, 0.29) is 35.4 Å². The lowest BCUT2D eigenvalue weighted by Crippen LogP contribution is -2.12. The number of rotatable bonds is 5. The first-order valence-electron chi connectivity index (χ1n) is 5.68. The number of nitro groups is 1. The van der Waals surface area contributed by atoms with Crippen LogP contribution >= 0.6 is 0 Å². The Balaban J connectivity index is 2.57. The zero-order valence-corrected chi connectivity index (χ0v) is 10.6. The summed E-state index contributed by atoms with van der Waals surface area (Å²) in [6, 6.07) is 2.52. The fraction of sp³-hybridized carbons (Fsp3) is 0.250. The van der Waals surface area contributed by atoms with E-state index < -0.39 is 10.5 Å². The molecule has 2 aromatic rings. The second-order valence-electron chi connectivity index (χ2n) is 4.14. The molecule has 104 valence electrons. The highest BCUT2D eigenvalue weighted by atomic mass is 16.6. The molecule has 1 heterocycles. The fourth-order valence-electron chi connectivity index (χ4n) is 1.88. The first-order valence-corrected chi connectivity index (χ1v) is 5.68. The molecule has 1 N–H and O–H groups in total. The van der Waals surface area contributed by atoms with Crippen molar-refractivity contribution in [2.24, 2.45) is 0 Å². The molecule has 0 aliphatic carbocycles. The van der Waals surface area contributed by atoms with Gasteiger partial charge in [0, 0.05) is 25.2 Å². The van der Waals surface area contributed by atoms with Crippen LogP contribution in [0.25, 0.3) is 10.9 Å². The van der Waals surface area contributed by atoms with Gasteiger partial charge in [0.2, 0.25) is 0 Å². The van der Waals surface area contributed by atoms with Gasteiger partial charge in [0.25, 0.3) is 11.2 Å². The molecule has 0 amide bonds. The van der Waals surface area contributed by atoms with Crippen LogP contribution in [0.5, 0.6) is 0 Å². The van der Waals surface area contributed by atoms with Crippen molar-refractivity contribution >= 4 is 22.4 Å². The van der Waals surface area contributed by atoms with E-state index in [1.54, 1.807) is 0 Å². The number of nitrogens with one attached hydrogen (secondary N) is 1. The van der Waals surface area contributed by atoms with Gasteiger partial charge in [0.1, 0.15) is 6.61 Å². The van der Waals surface area contributed by atoms with Gasteiger partial charge in [-0.15, -0.1) is 0 Å². The largest absolute Gasteiger partial charge is 0.377 e. The molecule has 0 bridgehead atoms. The second-order valence-corrected chi connectivity index (χ2v) is 4.14. The van der Waals surface area contributed by atoms with Gasteiger partial charge >= 0.3 is 0 Å². The predicted octanol–water partition coefficient (Wildman–Crippen LogP) is 0.589. The van der Waals surface area contributed by atoms with Crippen LogP contribution in [0, 0.1) is 10.1 Å². The Morgan fingerprint density at radius 3 is 2.90 bits per heavy atom. The van der Waals surface area contributed by atoms with E-state index in [0.29, 0.717) is 5.52 Å². The number of aromatic nitrogens is 2. The molecule has 8 nitrogen and oxygen atoms in total. The van der Waals surface area contributed by atoms with Crippen molar-refractivity contribution in [3.63, 3.8) is 0 Å². The van der Waals surface area contributed by atoms with Crippen molar-refractivity contribution in [2.75, 3.05) is 13.7 Å². The quantitative estimate of drug-likeness (QED) is 0.631. The Hall–Kier alpha value is -2.61. The van der Waals surface area contributed by atoms with Crippen LogP contribution in [0.3, 0.4) is 0 Å². The Bertz CT molecular complexity index is 737. The first kappa shape index (κ1) is 13.8. The third-order valence-electron chi connectivity index (χ3n) is 2.73. The van der Waals surface area contributed by atoms with E-state index in [9.17, 15) is 19.7 Å². The maximum atomic E-state index is 11.6. The number of ether oxygens (including phenoxy) is 1. The lowest BCUT2D eigenvalue weighted by atomic mass is 10.0. The van der Waals surface area contributed by atoms with Gasteiger partial charge in [-0.25, -0.2) is 4.98 Å². The molecule has 2 rings (SSSR count). The Morgan fingerprint density at radius 2 is 2.25 bits per heavy atom. The summed E-state index contributed by atoms with van der Waals surface area (Å²) < 4.78 is 4.69. The van der Waals surface area contributed by atoms with Crippen molar-refractivity contribution in [3.8, 4) is 0 Å². The van der Waals surface area contributed by atoms with Gasteiger partial charge < -0.3 is 9.72 Å². The van der Waals surface area contributed by atoms with E-state index in [1.807, 2.05) is 0 Å². The molecule has 0 saturated heterocycles. The van der Waals surface area contributed by atoms with Crippen molar-refractivity contribution in [1.82, 2.24) is 9.97 Å². The lowest BCUT2D eigenvalue weighted by Gasteiger charge is -2.04. The number of benzene rings is 1. The molecule has 20 heavy (non-hydrogen) atoms. The van der Waals surface area contributed by atoms with Crippen LogP contribution in [-0.2, 0) is 16.0 Å². The number of methoxy groups -OCH3 is 1. The average molecular weight is 277 g/mol. The molecule has 0 atom stereocenters. The van der Waals surface area contributed by atoms with Crippen molar-refractivity contribution in [2.45, 2.75) is 6.42 Å². The number of nitrogens with zero attached hydrogens (tertiary/aromatic N) is 2. The minimum Gasteiger partial charge on any atom is -0.377 e. The van der Waals surface area contributed by atoms with Crippen molar-refractivity contribution in [1.29, 1.82) is 0 Å². The third-order valence-corrected chi connectivity index (χ3v) is 2.73. The number of H-pyrrole nitrogens is 1. The molecule has 0 aliphatic heterocycles. The lowest BCUT2D eigenvalue weighted by molar-refractivity contribution is -0.385. The SMILES string of the molecule is COCC(=O)Cc1cc2nc[nH]c(=O)c2cc1[N+](=O)[O-]. The first-order chi connectivity index (χ1) is 9.52. The van der Waals surface area contributed by atoms with Crippen LogP contribution in [-0.4, -0.2) is 34.4 Å². The van der Waals surface area contributed by atoms with Gasteiger partial charge in [0.15, 0.2) is 5.78 Å². The maximum absolute atomic E-state index is 11.6. The van der Waals surface area contributed by atoms with Crippen LogP contribution in [0.4, 0.5) is 5.69 Å². The molecule has 8 heteroatoms. The van der Waals surface area contributed by atoms with Crippen LogP contribution < -0.4 is 5.56 Å². The molecule has 0 aliphatic rings. The summed E-state index contributed by atoms with van der Waals surface area (Å²) in [7, 11) is 1.37. The monoisotopic (exact) mass is 277 g/mol. The summed E-state index contributed by atoms with van der Waals surface area (Å²) in [4.78, 5) is 39.8. The predicted molar refractivity (Wildman–Crippen MR) is 69.6 cm³/mol. The Kier molecular flexibility index (Phi) is 3.85. The van der Waals surface area contributed by atoms with Crippen LogP contribution in [0.15, 0.2) is 23.3 Å². The van der Waals surface area contributed by atoms with Gasteiger partial charge in [-0.05, 0) is 6.07 Å². The Morgan fingerprint density at radius 1 is 1.50 bits per heavy atom. The number of hydrogen-bond acceptors (Lipinski definition) is 6. The molecule has 0 unspecified atom stereocenters. The molecule has 1 aromatic carbocycles. The third kappa shape index (κ3) is 2.69. The average Bonchev–Trinajstić information content (AvgIpc) is 2.38. The molecule has 0 radical (unpaired) electrons. The topological polar surface area (TPSA) is 115 Å². The van der Waals surface area contributed by atoms with E-state index in [0.717, 1.165) is 6.07 Å². The summed E-state index contributed by atoms with van der Waals surface area (Å²) in [6.45, 7) is -0.127. The molecule has 1 aromatic heterocycles. The van der Waals surface area contributed by atoms with Gasteiger partial charge in [-0.3, -0.25) is 19.7 Å². The summed E-state index contributed by atoms with van der Waals surface area (Å²) in [5.41, 5.74) is -0.226. The van der Waals surface area contributed by atoms with Crippen molar-refractivity contribution in [3.05, 3.63) is 44.5 Å². The number of ketones is 1. The normalized spacial score (nSPS) is 10.7. The van der Waals surface area contributed by atoms with E-state index in [2.05, 4.69) is 9.97 Å². The van der Waals surface area contributed by atoms with E-state index >= 15 is 0 Å². The van der Waals surface area contributed by atoms with Crippen LogP contribution in [0.1, 0.15) is 5.56 Å². The van der Waals surface area contributed by atoms with Gasteiger partial charge in [-0.1, -0.05) is 0 Å². The van der Waals surface area contributed by atoms with Gasteiger partial charge in [0.05, 0.1) is 22.2 Å². The minimum atomic E-state index is -0.624. The number of Topliss-reactive ketones (excluding diaryl/α,β-unsaturated/α-hetero) is 1. The minimum absolute atomic E-state index is 0.113. The summed E-state index contributed by atoms with van der Waals surface area (Å²) in [5.74, 6) is -0.292. The number of fused-ring (bicyclic) bond motifs is 1. The highest BCUT2D eigenvalue weighted by Crippen LogP contribution is 2.23. The van der Waals surface area contributed by atoms with E-state index in [4.69, 9.17) is 4.74 Å². The zero-order chi connectivity index (χ0) is 14.7. The smallest absolute Gasteiger partial charge is 0.273 e. The number of carbonyl (C=O) groups excluding carboxylic acids is 1. The zero-order valence-electron chi connectivity index (χ0n) is 10.6. The Labute approximate surface area is 112 Å². The maximum Gasteiger partial charge on any atom is 0.273 e. The van der Waals surface area contributed by atoms with Crippen LogP contribution in [0.2, 0.25) is 0 Å². The fourth-order valence-corrected chi connectivity index (χ4v) is 1.88. The molecule has 0 fully saturated rings. The van der Waals surface area contributed by atoms with Crippen molar-refractivity contribution < 1.29 is 14.5 Å². The summed E-state index contributed by atoms with van der Waals surface area (Å²) in [5, 5.41) is 11.2. The van der Waals surface area contributed by atoms with Gasteiger partial charge in [-0.2, -0.15) is 0 Å². The molecule has 0 saturated carbocycles. The highest BCUT2D eigenvalue weighted by Gasteiger charge is 2.19. The molecular weight excluding hydrogens is 266 g/mol. The summed E-state index contributed by atoms with van der Waals surface area (Å²) in [6.07, 6.45) is 1.06. The molecule has 0 spiro atoms.